The number of anilines is 2. The first-order chi connectivity index (χ1) is 17.0. The van der Waals surface area contributed by atoms with E-state index >= 15 is 0 Å². The summed E-state index contributed by atoms with van der Waals surface area (Å²) < 4.78 is 9.94. The van der Waals surface area contributed by atoms with Crippen molar-refractivity contribution in [3.05, 3.63) is 47.4 Å². The summed E-state index contributed by atoms with van der Waals surface area (Å²) >= 11 is 0. The lowest BCUT2D eigenvalue weighted by Crippen LogP contribution is -2.47. The van der Waals surface area contributed by atoms with Gasteiger partial charge in [-0.1, -0.05) is 13.0 Å². The molecule has 1 fully saturated rings. The molecule has 6 rings (SSSR count). The lowest BCUT2D eigenvalue weighted by molar-refractivity contribution is -0.777. The van der Waals surface area contributed by atoms with E-state index < -0.39 is 0 Å². The molecule has 8 heteroatoms. The van der Waals surface area contributed by atoms with Crippen molar-refractivity contribution in [1.82, 2.24) is 19.8 Å². The smallest absolute Gasteiger partial charge is 0.219 e. The van der Waals surface area contributed by atoms with E-state index in [-0.39, 0.29) is 5.91 Å². The maximum absolute atomic E-state index is 12.3. The van der Waals surface area contributed by atoms with Crippen LogP contribution in [0.4, 0.5) is 11.5 Å². The van der Waals surface area contributed by atoms with Crippen molar-refractivity contribution in [3.63, 3.8) is 0 Å². The van der Waals surface area contributed by atoms with Gasteiger partial charge in [-0.05, 0) is 42.0 Å². The first-order valence-corrected chi connectivity index (χ1v) is 12.9. The summed E-state index contributed by atoms with van der Waals surface area (Å²) in [5.41, 5.74) is 7.63. The minimum Gasteiger partial charge on any atom is -0.374 e. The molecule has 1 saturated heterocycles. The molecule has 2 aromatic heterocycles. The van der Waals surface area contributed by atoms with Gasteiger partial charge in [0.05, 0.1) is 31.3 Å². The molecule has 0 aliphatic carbocycles. The molecule has 184 valence electrons. The molecule has 3 aliphatic rings. The fraction of sp³-hybridized carbons (Fsp3) is 0.519. The quantitative estimate of drug-likeness (QED) is 0.586. The van der Waals surface area contributed by atoms with E-state index in [1.807, 2.05) is 22.8 Å². The van der Waals surface area contributed by atoms with Crippen LogP contribution >= 0.6 is 0 Å². The maximum Gasteiger partial charge on any atom is 0.219 e. The third kappa shape index (κ3) is 3.84. The van der Waals surface area contributed by atoms with Gasteiger partial charge in [0.2, 0.25) is 17.6 Å². The van der Waals surface area contributed by atoms with E-state index in [4.69, 9.17) is 4.74 Å². The standard InChI is InChI=1S/C27H34N6O2/c1-4-19-7-11-32(25-6-5-20(13-23(19)25)21-14-28-30(3)15-21)27-24-16-31(18(2)34)10-8-26(24)33(29-27)22-9-12-35-17-22/h5-6,13-15,19,22H,4,7-12,16-17H2,1-3H3/p+1/t19?,22-/m0/s1. The number of carbonyl (C=O) groups excluding carboxylic acids is 1. The molecule has 3 aliphatic heterocycles. The van der Waals surface area contributed by atoms with Gasteiger partial charge in [0.1, 0.15) is 6.61 Å². The minimum absolute atomic E-state index is 0.143. The molecule has 1 aromatic carbocycles. The predicted octanol–water partition coefficient (Wildman–Crippen LogP) is 3.60. The highest BCUT2D eigenvalue weighted by Gasteiger charge is 2.40. The van der Waals surface area contributed by atoms with E-state index in [1.54, 1.807) is 6.92 Å². The van der Waals surface area contributed by atoms with Crippen molar-refractivity contribution in [3.8, 4) is 11.1 Å². The van der Waals surface area contributed by atoms with Gasteiger partial charge in [0.25, 0.3) is 0 Å². The van der Waals surface area contributed by atoms with E-state index in [2.05, 4.69) is 51.1 Å². The summed E-state index contributed by atoms with van der Waals surface area (Å²) in [6.07, 6.45) is 8.14. The Labute approximate surface area is 206 Å². The van der Waals surface area contributed by atoms with Gasteiger partial charge in [-0.2, -0.15) is 5.10 Å². The number of aryl methyl sites for hydroxylation is 1. The number of nitrogens with one attached hydrogen (secondary N) is 1. The number of carbonyl (C=O) groups is 1. The average Bonchev–Trinajstić information content (AvgIpc) is 3.62. The van der Waals surface area contributed by atoms with Crippen molar-refractivity contribution in [2.45, 2.75) is 58.0 Å². The topological polar surface area (TPSA) is 70.3 Å². The van der Waals surface area contributed by atoms with E-state index in [9.17, 15) is 4.79 Å². The summed E-state index contributed by atoms with van der Waals surface area (Å²) in [5, 5.41) is 8.17. The molecule has 35 heavy (non-hydrogen) atoms. The highest BCUT2D eigenvalue weighted by atomic mass is 16.5. The molecular formula is C27H35N6O2+. The number of ether oxygens (including phenoxy) is 1. The number of amides is 1. The molecular weight excluding hydrogens is 440 g/mol. The summed E-state index contributed by atoms with van der Waals surface area (Å²) in [4.78, 5) is 16.7. The van der Waals surface area contributed by atoms with E-state index in [1.165, 1.54) is 28.1 Å². The number of benzene rings is 1. The molecule has 1 amide bonds. The fourth-order valence-electron chi connectivity index (χ4n) is 6.10. The Morgan fingerprint density at radius 3 is 2.86 bits per heavy atom. The van der Waals surface area contributed by atoms with Gasteiger partial charge in [0, 0.05) is 50.9 Å². The second-order valence-electron chi connectivity index (χ2n) is 10.2. The van der Waals surface area contributed by atoms with E-state index in [0.29, 0.717) is 18.5 Å². The second-order valence-corrected chi connectivity index (χ2v) is 10.2. The van der Waals surface area contributed by atoms with Gasteiger partial charge in [-0.15, -0.1) is 9.78 Å². The highest BCUT2D eigenvalue weighted by molar-refractivity contribution is 5.76. The maximum atomic E-state index is 12.3. The Bertz CT molecular complexity index is 1250. The number of aromatic nitrogens is 4. The summed E-state index contributed by atoms with van der Waals surface area (Å²) in [6, 6.07) is 7.20. The second kappa shape index (κ2) is 8.82. The number of hydrogen-bond acceptors (Lipinski definition) is 4. The van der Waals surface area contributed by atoms with Crippen LogP contribution in [0, 0.1) is 0 Å². The fourth-order valence-corrected chi connectivity index (χ4v) is 6.10. The lowest BCUT2D eigenvalue weighted by atomic mass is 9.86. The zero-order valence-electron chi connectivity index (χ0n) is 21.0. The number of fused-ring (bicyclic) bond motifs is 2. The SMILES string of the molecule is CCC1CCN(c2[nH][n+]([C@H]3CCOC3)c3c2CN(C(C)=O)CC3)c2ccc(-c3cnn(C)c3)cc21. The third-order valence-electron chi connectivity index (χ3n) is 8.10. The van der Waals surface area contributed by atoms with Crippen molar-refractivity contribution in [1.29, 1.82) is 0 Å². The highest BCUT2D eigenvalue weighted by Crippen LogP contribution is 2.43. The number of nitrogens with zero attached hydrogens (tertiary/aromatic N) is 5. The Balaban J connectivity index is 1.45. The Kier molecular flexibility index (Phi) is 5.63. The molecule has 0 radical (unpaired) electrons. The van der Waals surface area contributed by atoms with Crippen LogP contribution in [0.2, 0.25) is 0 Å². The van der Waals surface area contributed by atoms with E-state index in [0.717, 1.165) is 63.4 Å². The number of aromatic amines is 1. The van der Waals surface area contributed by atoms with Crippen molar-refractivity contribution in [2.75, 3.05) is 31.2 Å². The van der Waals surface area contributed by atoms with Crippen molar-refractivity contribution in [2.24, 2.45) is 7.05 Å². The number of rotatable bonds is 4. The molecule has 5 heterocycles. The summed E-state index contributed by atoms with van der Waals surface area (Å²) in [5.74, 6) is 1.82. The minimum atomic E-state index is 0.143. The predicted molar refractivity (Wildman–Crippen MR) is 134 cm³/mol. The van der Waals surface area contributed by atoms with Crippen LogP contribution in [0.25, 0.3) is 11.1 Å². The first-order valence-electron chi connectivity index (χ1n) is 12.9. The Morgan fingerprint density at radius 2 is 2.14 bits per heavy atom. The number of H-pyrrole nitrogens is 1. The number of hydrogen-bond donors (Lipinski definition) is 1. The van der Waals surface area contributed by atoms with Gasteiger partial charge in [0.15, 0.2) is 5.82 Å². The largest absolute Gasteiger partial charge is 0.374 e. The average molecular weight is 476 g/mol. The monoisotopic (exact) mass is 475 g/mol. The van der Waals surface area contributed by atoms with Crippen LogP contribution in [0.15, 0.2) is 30.6 Å². The lowest BCUT2D eigenvalue weighted by Gasteiger charge is -2.35. The zero-order chi connectivity index (χ0) is 24.1. The molecule has 0 saturated carbocycles. The van der Waals surface area contributed by atoms with Gasteiger partial charge in [-0.3, -0.25) is 9.48 Å². The Hall–Kier alpha value is -3.13. The first kappa shape index (κ1) is 22.3. The van der Waals surface area contributed by atoms with Crippen LogP contribution in [-0.4, -0.2) is 52.0 Å². The molecule has 1 N–H and O–H groups in total. The van der Waals surface area contributed by atoms with Crippen LogP contribution in [-0.2, 0) is 29.5 Å². The van der Waals surface area contributed by atoms with Crippen LogP contribution in [0.5, 0.6) is 0 Å². The van der Waals surface area contributed by atoms with Gasteiger partial charge >= 0.3 is 0 Å². The molecule has 0 spiro atoms. The molecule has 2 atom stereocenters. The normalized spacial score (nSPS) is 21.8. The summed E-state index contributed by atoms with van der Waals surface area (Å²) in [7, 11) is 1.96. The van der Waals surface area contributed by atoms with Crippen molar-refractivity contribution >= 4 is 17.4 Å². The zero-order valence-corrected chi connectivity index (χ0v) is 21.0. The van der Waals surface area contributed by atoms with Gasteiger partial charge < -0.3 is 14.5 Å². The van der Waals surface area contributed by atoms with Crippen LogP contribution in [0.1, 0.15) is 61.9 Å². The molecule has 8 nitrogen and oxygen atoms in total. The molecule has 1 unspecified atom stereocenters. The molecule has 0 bridgehead atoms. The van der Waals surface area contributed by atoms with Crippen molar-refractivity contribution < 1.29 is 14.2 Å². The van der Waals surface area contributed by atoms with Gasteiger partial charge in [-0.25, -0.2) is 0 Å². The Morgan fingerprint density at radius 1 is 1.26 bits per heavy atom. The molecule has 3 aromatic rings. The van der Waals surface area contributed by atoms with Crippen LogP contribution in [0.3, 0.4) is 0 Å². The third-order valence-corrected chi connectivity index (χ3v) is 8.10. The van der Waals surface area contributed by atoms with Crippen LogP contribution < -0.4 is 9.58 Å². The summed E-state index contributed by atoms with van der Waals surface area (Å²) in [6.45, 7) is 7.92.